The normalized spacial score (nSPS) is 12.7. The molecule has 1 heteroatoms. The van der Waals surface area contributed by atoms with E-state index in [0.717, 1.165) is 0 Å². The molecular formula is C14H21Br. The number of benzene rings is 1. The summed E-state index contributed by atoms with van der Waals surface area (Å²) >= 11 is 3.68. The lowest BCUT2D eigenvalue weighted by Gasteiger charge is -2.07. The molecule has 15 heavy (non-hydrogen) atoms. The van der Waals surface area contributed by atoms with Gasteiger partial charge in [0.1, 0.15) is 0 Å². The maximum Gasteiger partial charge on any atom is 0.0146 e. The summed E-state index contributed by atoms with van der Waals surface area (Å²) in [5, 5.41) is 0. The minimum Gasteiger partial charge on any atom is -0.0891 e. The molecule has 0 radical (unpaired) electrons. The second-order valence-corrected chi connectivity index (χ2v) is 5.41. The molecule has 0 aromatic heterocycles. The molecular weight excluding hydrogens is 248 g/mol. The standard InChI is InChI=1S/C14H21Br/c1-3-6-12-7-5-8-13(11-12)9-10-14(15)4-2/h5,7-8,11,14H,3-4,6,9-10H2,1-2H3. The topological polar surface area (TPSA) is 0 Å². The van der Waals surface area contributed by atoms with Gasteiger partial charge in [0.25, 0.3) is 0 Å². The molecule has 1 aromatic carbocycles. The summed E-state index contributed by atoms with van der Waals surface area (Å²) in [5.41, 5.74) is 2.97. The highest BCUT2D eigenvalue weighted by Crippen LogP contribution is 2.15. The number of rotatable bonds is 6. The van der Waals surface area contributed by atoms with E-state index in [9.17, 15) is 0 Å². The number of alkyl halides is 1. The van der Waals surface area contributed by atoms with Gasteiger partial charge in [0.2, 0.25) is 0 Å². The van der Waals surface area contributed by atoms with Crippen LogP contribution in [0.5, 0.6) is 0 Å². The molecule has 84 valence electrons. The predicted octanol–water partition coefficient (Wildman–Crippen LogP) is 4.75. The van der Waals surface area contributed by atoms with Crippen molar-refractivity contribution in [3.63, 3.8) is 0 Å². The van der Waals surface area contributed by atoms with Gasteiger partial charge in [-0.25, -0.2) is 0 Å². The third-order valence-electron chi connectivity index (χ3n) is 2.72. The zero-order valence-electron chi connectivity index (χ0n) is 9.80. The van der Waals surface area contributed by atoms with Crippen LogP contribution < -0.4 is 0 Å². The molecule has 1 atom stereocenters. The van der Waals surface area contributed by atoms with Crippen molar-refractivity contribution in [3.8, 4) is 0 Å². The highest BCUT2D eigenvalue weighted by Gasteiger charge is 2.02. The Morgan fingerprint density at radius 3 is 2.40 bits per heavy atom. The maximum absolute atomic E-state index is 3.68. The summed E-state index contributed by atoms with van der Waals surface area (Å²) in [6.45, 7) is 4.46. The molecule has 0 nitrogen and oxygen atoms in total. The summed E-state index contributed by atoms with van der Waals surface area (Å²) < 4.78 is 0. The van der Waals surface area contributed by atoms with Crippen LogP contribution in [0, 0.1) is 0 Å². The van der Waals surface area contributed by atoms with E-state index < -0.39 is 0 Å². The highest BCUT2D eigenvalue weighted by molar-refractivity contribution is 9.09. The quantitative estimate of drug-likeness (QED) is 0.654. The molecule has 1 rings (SSSR count). The molecule has 0 aliphatic heterocycles. The van der Waals surface area contributed by atoms with Gasteiger partial charge in [0, 0.05) is 4.83 Å². The smallest absolute Gasteiger partial charge is 0.0146 e. The van der Waals surface area contributed by atoms with E-state index in [2.05, 4.69) is 54.0 Å². The first-order chi connectivity index (χ1) is 7.26. The van der Waals surface area contributed by atoms with Crippen molar-refractivity contribution >= 4 is 15.9 Å². The lowest BCUT2D eigenvalue weighted by atomic mass is 10.0. The molecule has 0 N–H and O–H groups in total. The van der Waals surface area contributed by atoms with Gasteiger partial charge < -0.3 is 0 Å². The van der Waals surface area contributed by atoms with Gasteiger partial charge in [-0.15, -0.1) is 0 Å². The average Bonchev–Trinajstić information content (AvgIpc) is 2.27. The van der Waals surface area contributed by atoms with Crippen LogP contribution in [0.15, 0.2) is 24.3 Å². The second-order valence-electron chi connectivity index (χ2n) is 4.11. The molecule has 0 heterocycles. The molecule has 0 spiro atoms. The van der Waals surface area contributed by atoms with Gasteiger partial charge >= 0.3 is 0 Å². The first-order valence-electron chi connectivity index (χ1n) is 5.98. The minimum absolute atomic E-state index is 0.673. The summed E-state index contributed by atoms with van der Waals surface area (Å²) in [5.74, 6) is 0. The zero-order chi connectivity index (χ0) is 11.1. The fourth-order valence-electron chi connectivity index (χ4n) is 1.76. The van der Waals surface area contributed by atoms with Crippen LogP contribution >= 0.6 is 15.9 Å². The van der Waals surface area contributed by atoms with Gasteiger partial charge in [-0.3, -0.25) is 0 Å². The lowest BCUT2D eigenvalue weighted by Crippen LogP contribution is -1.98. The van der Waals surface area contributed by atoms with Crippen molar-refractivity contribution in [2.24, 2.45) is 0 Å². The summed E-state index contributed by atoms with van der Waals surface area (Å²) in [6, 6.07) is 9.03. The van der Waals surface area contributed by atoms with E-state index in [1.807, 2.05) is 0 Å². The summed E-state index contributed by atoms with van der Waals surface area (Å²) in [4.78, 5) is 0.673. The van der Waals surface area contributed by atoms with Crippen LogP contribution in [0.2, 0.25) is 0 Å². The third kappa shape index (κ3) is 4.83. The first kappa shape index (κ1) is 12.8. The molecule has 1 aromatic rings. The van der Waals surface area contributed by atoms with E-state index in [1.165, 1.54) is 43.2 Å². The fourth-order valence-corrected chi connectivity index (χ4v) is 1.99. The zero-order valence-corrected chi connectivity index (χ0v) is 11.4. The molecule has 0 fully saturated rings. The second kappa shape index (κ2) is 7.05. The van der Waals surface area contributed by atoms with E-state index in [1.54, 1.807) is 0 Å². The van der Waals surface area contributed by atoms with Gasteiger partial charge in [0.05, 0.1) is 0 Å². The Labute approximate surface area is 102 Å². The van der Waals surface area contributed by atoms with Crippen molar-refractivity contribution in [3.05, 3.63) is 35.4 Å². The maximum atomic E-state index is 3.68. The molecule has 0 bridgehead atoms. The molecule has 0 aliphatic carbocycles. The van der Waals surface area contributed by atoms with Gasteiger partial charge in [-0.05, 0) is 36.8 Å². The third-order valence-corrected chi connectivity index (χ3v) is 3.82. The van der Waals surface area contributed by atoms with Crippen LogP contribution in [0.4, 0.5) is 0 Å². The van der Waals surface area contributed by atoms with Crippen molar-refractivity contribution < 1.29 is 0 Å². The van der Waals surface area contributed by atoms with E-state index >= 15 is 0 Å². The molecule has 0 aliphatic rings. The minimum atomic E-state index is 0.673. The Morgan fingerprint density at radius 1 is 1.13 bits per heavy atom. The van der Waals surface area contributed by atoms with E-state index in [-0.39, 0.29) is 0 Å². The van der Waals surface area contributed by atoms with Crippen molar-refractivity contribution in [1.82, 2.24) is 0 Å². The molecule has 0 saturated heterocycles. The number of aryl methyl sites for hydroxylation is 2. The number of hydrogen-bond donors (Lipinski definition) is 0. The van der Waals surface area contributed by atoms with Crippen molar-refractivity contribution in [2.75, 3.05) is 0 Å². The Bertz CT molecular complexity index is 280. The Hall–Kier alpha value is -0.300. The molecule has 0 amide bonds. The number of halogens is 1. The van der Waals surface area contributed by atoms with Gasteiger partial charge in [-0.1, -0.05) is 60.5 Å². The van der Waals surface area contributed by atoms with E-state index in [4.69, 9.17) is 0 Å². The highest BCUT2D eigenvalue weighted by atomic mass is 79.9. The SMILES string of the molecule is CCCc1cccc(CCC(Br)CC)c1. The molecule has 0 saturated carbocycles. The Kier molecular flexibility index (Phi) is 6.00. The largest absolute Gasteiger partial charge is 0.0891 e. The fraction of sp³-hybridized carbons (Fsp3) is 0.571. The predicted molar refractivity (Wildman–Crippen MR) is 71.8 cm³/mol. The van der Waals surface area contributed by atoms with Crippen molar-refractivity contribution in [2.45, 2.75) is 50.8 Å². The van der Waals surface area contributed by atoms with Crippen LogP contribution in [0.25, 0.3) is 0 Å². The first-order valence-corrected chi connectivity index (χ1v) is 6.89. The number of hydrogen-bond acceptors (Lipinski definition) is 0. The molecule has 1 unspecified atom stereocenters. The Balaban J connectivity index is 2.50. The van der Waals surface area contributed by atoms with Crippen LogP contribution in [0.3, 0.4) is 0 Å². The van der Waals surface area contributed by atoms with Gasteiger partial charge in [-0.2, -0.15) is 0 Å². The Morgan fingerprint density at radius 2 is 1.80 bits per heavy atom. The van der Waals surface area contributed by atoms with Crippen LogP contribution in [0.1, 0.15) is 44.2 Å². The van der Waals surface area contributed by atoms with Gasteiger partial charge in [0.15, 0.2) is 0 Å². The monoisotopic (exact) mass is 268 g/mol. The van der Waals surface area contributed by atoms with Crippen molar-refractivity contribution in [1.29, 1.82) is 0 Å². The average molecular weight is 269 g/mol. The summed E-state index contributed by atoms with van der Waals surface area (Å²) in [6.07, 6.45) is 6.10. The van der Waals surface area contributed by atoms with E-state index in [0.29, 0.717) is 4.83 Å². The lowest BCUT2D eigenvalue weighted by molar-refractivity contribution is 0.745. The van der Waals surface area contributed by atoms with Crippen LogP contribution in [-0.2, 0) is 12.8 Å². The summed E-state index contributed by atoms with van der Waals surface area (Å²) in [7, 11) is 0. The van der Waals surface area contributed by atoms with Crippen LogP contribution in [-0.4, -0.2) is 4.83 Å².